The molecule has 0 bridgehead atoms. The Morgan fingerprint density at radius 3 is 2.35 bits per heavy atom. The van der Waals surface area contributed by atoms with Gasteiger partial charge in [0.05, 0.1) is 5.56 Å². The summed E-state index contributed by atoms with van der Waals surface area (Å²) in [5.41, 5.74) is 3.05. The number of benzene rings is 1. The normalized spacial score (nSPS) is 11.1. The van der Waals surface area contributed by atoms with E-state index < -0.39 is 5.41 Å². The van der Waals surface area contributed by atoms with Crippen molar-refractivity contribution in [2.75, 3.05) is 5.32 Å². The second kappa shape index (κ2) is 6.29. The lowest BCUT2D eigenvalue weighted by Crippen LogP contribution is -2.29. The number of aromatic nitrogens is 1. The molecule has 0 unspecified atom stereocenters. The van der Waals surface area contributed by atoms with Gasteiger partial charge in [-0.05, 0) is 25.0 Å². The van der Waals surface area contributed by atoms with E-state index in [9.17, 15) is 10.1 Å². The third-order valence-corrected chi connectivity index (χ3v) is 4.04. The van der Waals surface area contributed by atoms with Crippen LogP contribution in [-0.4, -0.2) is 10.5 Å². The molecule has 1 amide bonds. The van der Waals surface area contributed by atoms with Gasteiger partial charge < -0.3 is 9.88 Å². The first kappa shape index (κ1) is 16.8. The number of hydrogen-bond donors (Lipinski definition) is 1. The van der Waals surface area contributed by atoms with Crippen molar-refractivity contribution < 1.29 is 4.79 Å². The Bertz CT molecular complexity index is 759. The van der Waals surface area contributed by atoms with Gasteiger partial charge in [-0.2, -0.15) is 5.26 Å². The van der Waals surface area contributed by atoms with Crippen LogP contribution in [0.3, 0.4) is 0 Å². The molecule has 23 heavy (non-hydrogen) atoms. The maximum absolute atomic E-state index is 12.4. The van der Waals surface area contributed by atoms with Crippen LogP contribution in [0.5, 0.6) is 0 Å². The van der Waals surface area contributed by atoms with Gasteiger partial charge in [0, 0.05) is 17.7 Å². The molecular formula is C19H23N3O. The number of anilines is 1. The molecule has 0 saturated heterocycles. The minimum atomic E-state index is -0.517. The lowest BCUT2D eigenvalue weighted by Gasteiger charge is -2.20. The molecular weight excluding hydrogens is 286 g/mol. The van der Waals surface area contributed by atoms with Crippen molar-refractivity contribution in [2.45, 2.75) is 41.2 Å². The third kappa shape index (κ3) is 3.45. The Kier molecular flexibility index (Phi) is 4.60. The molecule has 0 aliphatic rings. The van der Waals surface area contributed by atoms with Gasteiger partial charge in [-0.1, -0.05) is 51.1 Å². The van der Waals surface area contributed by atoms with E-state index in [0.29, 0.717) is 17.9 Å². The Morgan fingerprint density at radius 1 is 1.22 bits per heavy atom. The van der Waals surface area contributed by atoms with E-state index in [1.807, 2.05) is 69.5 Å². The summed E-state index contributed by atoms with van der Waals surface area (Å²) >= 11 is 0. The van der Waals surface area contributed by atoms with Gasteiger partial charge in [0.15, 0.2) is 0 Å². The van der Waals surface area contributed by atoms with E-state index in [2.05, 4.69) is 11.4 Å². The Balaban J connectivity index is 2.49. The molecule has 1 aromatic heterocycles. The van der Waals surface area contributed by atoms with E-state index in [-0.39, 0.29) is 5.91 Å². The molecule has 0 spiro atoms. The zero-order valence-electron chi connectivity index (χ0n) is 14.4. The fourth-order valence-corrected chi connectivity index (χ4v) is 2.39. The fourth-order valence-electron chi connectivity index (χ4n) is 2.39. The smallest absolute Gasteiger partial charge is 0.230 e. The average Bonchev–Trinajstić information content (AvgIpc) is 2.72. The molecule has 120 valence electrons. The first-order valence-corrected chi connectivity index (χ1v) is 7.71. The van der Waals surface area contributed by atoms with Crippen molar-refractivity contribution in [3.63, 3.8) is 0 Å². The molecule has 4 nitrogen and oxygen atoms in total. The molecule has 2 rings (SSSR count). The van der Waals surface area contributed by atoms with Crippen molar-refractivity contribution in [1.29, 1.82) is 5.26 Å². The van der Waals surface area contributed by atoms with Crippen LogP contribution in [0.15, 0.2) is 30.3 Å². The molecule has 0 aliphatic heterocycles. The molecule has 2 aromatic rings. The van der Waals surface area contributed by atoms with Crippen molar-refractivity contribution >= 4 is 11.7 Å². The highest BCUT2D eigenvalue weighted by Gasteiger charge is 2.25. The monoisotopic (exact) mass is 309 g/mol. The SMILES string of the molecule is Cc1c(C#N)c(NC(=O)C(C)(C)C)n(Cc2ccccc2)c1C. The van der Waals surface area contributed by atoms with Crippen LogP contribution < -0.4 is 5.32 Å². The molecule has 0 aliphatic carbocycles. The lowest BCUT2D eigenvalue weighted by molar-refractivity contribution is -0.123. The zero-order chi connectivity index (χ0) is 17.2. The molecule has 4 heteroatoms. The second-order valence-electron chi connectivity index (χ2n) is 6.82. The fraction of sp³-hybridized carbons (Fsp3) is 0.368. The largest absolute Gasteiger partial charge is 0.326 e. The maximum atomic E-state index is 12.4. The number of nitrogens with zero attached hydrogens (tertiary/aromatic N) is 2. The molecule has 1 heterocycles. The van der Waals surface area contributed by atoms with Crippen molar-refractivity contribution in [3.05, 3.63) is 52.7 Å². The molecule has 1 N–H and O–H groups in total. The van der Waals surface area contributed by atoms with Crippen LogP contribution in [-0.2, 0) is 11.3 Å². The van der Waals surface area contributed by atoms with Gasteiger partial charge in [-0.15, -0.1) is 0 Å². The van der Waals surface area contributed by atoms with Gasteiger partial charge in [-0.3, -0.25) is 4.79 Å². The Hall–Kier alpha value is -2.54. The highest BCUT2D eigenvalue weighted by Crippen LogP contribution is 2.29. The predicted octanol–water partition coefficient (Wildman–Crippen LogP) is 4.01. The summed E-state index contributed by atoms with van der Waals surface area (Å²) < 4.78 is 2.01. The van der Waals surface area contributed by atoms with Gasteiger partial charge in [0.25, 0.3) is 0 Å². The van der Waals surface area contributed by atoms with Crippen molar-refractivity contribution in [2.24, 2.45) is 5.41 Å². The molecule has 1 aromatic carbocycles. The van der Waals surface area contributed by atoms with Gasteiger partial charge >= 0.3 is 0 Å². The first-order valence-electron chi connectivity index (χ1n) is 7.71. The van der Waals surface area contributed by atoms with E-state index in [4.69, 9.17) is 0 Å². The van der Waals surface area contributed by atoms with E-state index in [1.165, 1.54) is 0 Å². The highest BCUT2D eigenvalue weighted by atomic mass is 16.2. The summed E-state index contributed by atoms with van der Waals surface area (Å²) in [6, 6.07) is 12.3. The summed E-state index contributed by atoms with van der Waals surface area (Å²) in [5.74, 6) is 0.493. The van der Waals surface area contributed by atoms with Crippen LogP contribution >= 0.6 is 0 Å². The van der Waals surface area contributed by atoms with Gasteiger partial charge in [-0.25, -0.2) is 0 Å². The first-order chi connectivity index (χ1) is 10.8. The van der Waals surface area contributed by atoms with Crippen LogP contribution in [0.1, 0.15) is 43.2 Å². The van der Waals surface area contributed by atoms with Gasteiger partial charge in [0.2, 0.25) is 5.91 Å². The average molecular weight is 309 g/mol. The number of hydrogen-bond acceptors (Lipinski definition) is 2. The summed E-state index contributed by atoms with van der Waals surface area (Å²) in [6.45, 7) is 10.1. The van der Waals surface area contributed by atoms with Crippen LogP contribution in [0.25, 0.3) is 0 Å². The number of nitriles is 1. The quantitative estimate of drug-likeness (QED) is 0.931. The molecule has 0 saturated carbocycles. The number of carbonyl (C=O) groups is 1. The number of rotatable bonds is 3. The molecule has 0 fully saturated rings. The summed E-state index contributed by atoms with van der Waals surface area (Å²) in [5, 5.41) is 12.5. The predicted molar refractivity (Wildman–Crippen MR) is 92.2 cm³/mol. The highest BCUT2D eigenvalue weighted by molar-refractivity contribution is 5.95. The van der Waals surface area contributed by atoms with E-state index in [1.54, 1.807) is 0 Å². The van der Waals surface area contributed by atoms with Gasteiger partial charge in [0.1, 0.15) is 11.9 Å². The van der Waals surface area contributed by atoms with E-state index >= 15 is 0 Å². The van der Waals surface area contributed by atoms with Crippen LogP contribution in [0, 0.1) is 30.6 Å². The molecule has 0 atom stereocenters. The van der Waals surface area contributed by atoms with Crippen LogP contribution in [0.2, 0.25) is 0 Å². The topological polar surface area (TPSA) is 57.8 Å². The maximum Gasteiger partial charge on any atom is 0.230 e. The number of carbonyl (C=O) groups excluding carboxylic acids is 1. The minimum absolute atomic E-state index is 0.0965. The summed E-state index contributed by atoms with van der Waals surface area (Å²) in [6.07, 6.45) is 0. The minimum Gasteiger partial charge on any atom is -0.326 e. The Labute approximate surface area is 137 Å². The van der Waals surface area contributed by atoms with Crippen molar-refractivity contribution in [1.82, 2.24) is 4.57 Å². The third-order valence-electron chi connectivity index (χ3n) is 4.04. The second-order valence-corrected chi connectivity index (χ2v) is 6.82. The Morgan fingerprint density at radius 2 is 1.83 bits per heavy atom. The van der Waals surface area contributed by atoms with Crippen molar-refractivity contribution in [3.8, 4) is 6.07 Å². The number of nitrogens with one attached hydrogen (secondary N) is 1. The molecule has 0 radical (unpaired) electrons. The summed E-state index contributed by atoms with van der Waals surface area (Å²) in [4.78, 5) is 12.4. The lowest BCUT2D eigenvalue weighted by atomic mass is 9.95. The summed E-state index contributed by atoms with van der Waals surface area (Å²) in [7, 11) is 0. The van der Waals surface area contributed by atoms with Crippen LogP contribution in [0.4, 0.5) is 5.82 Å². The zero-order valence-corrected chi connectivity index (χ0v) is 14.4. The standard InChI is InChI=1S/C19H23N3O/c1-13-14(2)22(12-15-9-7-6-8-10-15)17(16(13)11-20)21-18(23)19(3,4)5/h6-10H,12H2,1-5H3,(H,21,23). The number of amides is 1. The van der Waals surface area contributed by atoms with E-state index in [0.717, 1.165) is 16.8 Å².